The third kappa shape index (κ3) is 2.17. The van der Waals surface area contributed by atoms with E-state index in [0.717, 1.165) is 30.8 Å². The van der Waals surface area contributed by atoms with Crippen molar-refractivity contribution < 1.29 is 9.37 Å². The van der Waals surface area contributed by atoms with Crippen LogP contribution < -0.4 is 0 Å². The van der Waals surface area contributed by atoms with Gasteiger partial charge < -0.3 is 4.57 Å². The molecule has 0 saturated carbocycles. The highest BCUT2D eigenvalue weighted by Crippen LogP contribution is 2.29. The molecule has 4 heteroatoms. The van der Waals surface area contributed by atoms with Crippen molar-refractivity contribution in [3.05, 3.63) is 58.9 Å². The highest BCUT2D eigenvalue weighted by atomic mass is 16.1. The van der Waals surface area contributed by atoms with Gasteiger partial charge in [-0.15, -0.1) is 0 Å². The van der Waals surface area contributed by atoms with Crippen molar-refractivity contribution in [2.24, 2.45) is 4.99 Å². The number of likely N-dealkylation sites (N-methyl/N-ethyl adjacent to an activating group) is 1. The second-order valence-corrected chi connectivity index (χ2v) is 6.29. The molecule has 1 aliphatic heterocycles. The van der Waals surface area contributed by atoms with Gasteiger partial charge in [-0.05, 0) is 11.1 Å². The summed E-state index contributed by atoms with van der Waals surface area (Å²) in [6.07, 6.45) is 3.82. The molecule has 0 fully saturated rings. The number of aliphatic imine (C=N–C) groups is 1. The number of carbonyl (C=O) groups is 1. The fourth-order valence-electron chi connectivity index (χ4n) is 3.67. The highest BCUT2D eigenvalue weighted by molar-refractivity contribution is 6.52. The Kier molecular flexibility index (Phi) is 3.26. The summed E-state index contributed by atoms with van der Waals surface area (Å²) in [6.45, 7) is 1.73. The molecule has 0 unspecified atom stereocenters. The first-order valence-corrected chi connectivity index (χ1v) is 8.02. The zero-order chi connectivity index (χ0) is 16.0. The van der Waals surface area contributed by atoms with Crippen molar-refractivity contribution in [3.63, 3.8) is 0 Å². The maximum atomic E-state index is 12.9. The van der Waals surface area contributed by atoms with Gasteiger partial charge in [-0.1, -0.05) is 30.3 Å². The molecule has 2 aliphatic rings. The molecule has 0 atom stereocenters. The smallest absolute Gasteiger partial charge is 0.224 e. The second-order valence-electron chi connectivity index (χ2n) is 6.29. The fourth-order valence-corrected chi connectivity index (χ4v) is 3.67. The van der Waals surface area contributed by atoms with Crippen LogP contribution in [0, 0.1) is 0 Å². The zero-order valence-electron chi connectivity index (χ0n) is 13.5. The van der Waals surface area contributed by atoms with Gasteiger partial charge in [-0.3, -0.25) is 9.79 Å². The van der Waals surface area contributed by atoms with Crippen molar-refractivity contribution in [3.8, 4) is 0 Å². The van der Waals surface area contributed by atoms with Crippen LogP contribution in [-0.4, -0.2) is 47.0 Å². The minimum atomic E-state index is 0.0868. The lowest BCUT2D eigenvalue weighted by Crippen LogP contribution is -2.36. The van der Waals surface area contributed by atoms with Gasteiger partial charge in [-0.25, -0.2) is 4.58 Å². The number of ketones is 1. The van der Waals surface area contributed by atoms with Crippen LogP contribution in [0.1, 0.15) is 33.6 Å². The van der Waals surface area contributed by atoms with E-state index < -0.39 is 0 Å². The lowest BCUT2D eigenvalue weighted by molar-refractivity contribution is -0.498. The van der Waals surface area contributed by atoms with E-state index in [1.54, 1.807) is 7.05 Å². The molecule has 23 heavy (non-hydrogen) atoms. The Balaban J connectivity index is 1.89. The summed E-state index contributed by atoms with van der Waals surface area (Å²) in [5.41, 5.74) is 6.39. The van der Waals surface area contributed by atoms with Gasteiger partial charge in [0.2, 0.25) is 5.78 Å². The van der Waals surface area contributed by atoms with Crippen LogP contribution in [-0.2, 0) is 13.0 Å². The SMILES string of the molecule is CN=C1CC2=[N+](C)CCc3cn(Cc4ccccc4)c(c32)C1=O. The number of rotatable bonds is 2. The molecule has 0 amide bonds. The van der Waals surface area contributed by atoms with E-state index in [9.17, 15) is 4.79 Å². The summed E-state index contributed by atoms with van der Waals surface area (Å²) in [7, 11) is 3.83. The van der Waals surface area contributed by atoms with Gasteiger partial charge in [0.15, 0.2) is 5.71 Å². The molecule has 4 nitrogen and oxygen atoms in total. The summed E-state index contributed by atoms with van der Waals surface area (Å²) in [5.74, 6) is 0.0868. The fraction of sp³-hybridized carbons (Fsp3) is 0.316. The van der Waals surface area contributed by atoms with E-state index in [-0.39, 0.29) is 5.78 Å². The van der Waals surface area contributed by atoms with Gasteiger partial charge in [0.05, 0.1) is 17.7 Å². The summed E-state index contributed by atoms with van der Waals surface area (Å²) < 4.78 is 4.39. The molecular formula is C19H20N3O+. The first-order chi connectivity index (χ1) is 11.2. The van der Waals surface area contributed by atoms with Crippen LogP contribution in [0.4, 0.5) is 0 Å². The number of benzene rings is 1. The van der Waals surface area contributed by atoms with Crippen LogP contribution in [0.15, 0.2) is 41.5 Å². The van der Waals surface area contributed by atoms with E-state index >= 15 is 0 Å². The van der Waals surface area contributed by atoms with Crippen molar-refractivity contribution >= 4 is 17.2 Å². The van der Waals surface area contributed by atoms with E-state index in [1.807, 2.05) is 18.2 Å². The maximum Gasteiger partial charge on any atom is 0.224 e. The Morgan fingerprint density at radius 3 is 2.78 bits per heavy atom. The standard InChI is InChI=1S/C19H20N3O/c1-20-15-10-16-17-14(8-9-21(16)2)12-22(18(17)19(15)23)11-13-6-4-3-5-7-13/h3-7,12H,8-11H2,1-2H3/q+1. The molecular weight excluding hydrogens is 286 g/mol. The van der Waals surface area contributed by atoms with Crippen LogP contribution in [0.3, 0.4) is 0 Å². The summed E-state index contributed by atoms with van der Waals surface area (Å²) in [6, 6.07) is 10.3. The van der Waals surface area contributed by atoms with Gasteiger partial charge in [-0.2, -0.15) is 0 Å². The number of nitrogens with zero attached hydrogens (tertiary/aromatic N) is 3. The van der Waals surface area contributed by atoms with Crippen LogP contribution in [0.2, 0.25) is 0 Å². The normalized spacial score (nSPS) is 18.5. The first kappa shape index (κ1) is 14.1. The number of hydrogen-bond donors (Lipinski definition) is 0. The average Bonchev–Trinajstić information content (AvgIpc) is 2.93. The third-order valence-corrected chi connectivity index (χ3v) is 4.90. The van der Waals surface area contributed by atoms with Gasteiger partial charge in [0, 0.05) is 26.2 Å². The Labute approximate surface area is 135 Å². The molecule has 2 heterocycles. The molecule has 0 radical (unpaired) electrons. The number of hydrogen-bond acceptors (Lipinski definition) is 2. The minimum Gasteiger partial charge on any atom is -0.339 e. The minimum absolute atomic E-state index is 0.0868. The Morgan fingerprint density at radius 2 is 2.04 bits per heavy atom. The Morgan fingerprint density at radius 1 is 1.26 bits per heavy atom. The van der Waals surface area contributed by atoms with E-state index in [1.165, 1.54) is 16.8 Å². The van der Waals surface area contributed by atoms with Crippen molar-refractivity contribution in [2.75, 3.05) is 20.6 Å². The second kappa shape index (κ2) is 5.30. The van der Waals surface area contributed by atoms with E-state index in [2.05, 4.69) is 39.5 Å². The Bertz CT molecular complexity index is 856. The molecule has 4 rings (SSSR count). The summed E-state index contributed by atoms with van der Waals surface area (Å²) in [5, 5.41) is 0. The van der Waals surface area contributed by atoms with Gasteiger partial charge in [0.1, 0.15) is 19.3 Å². The van der Waals surface area contributed by atoms with Crippen LogP contribution in [0.25, 0.3) is 0 Å². The number of aromatic nitrogens is 1. The zero-order valence-corrected chi connectivity index (χ0v) is 13.5. The van der Waals surface area contributed by atoms with E-state index in [4.69, 9.17) is 0 Å². The summed E-state index contributed by atoms with van der Waals surface area (Å²) >= 11 is 0. The van der Waals surface area contributed by atoms with Crippen molar-refractivity contribution in [1.82, 2.24) is 4.57 Å². The number of Topliss-reactive ketones (excluding diaryl/α,β-unsaturated/α-hetero) is 1. The topological polar surface area (TPSA) is 37.4 Å². The molecule has 0 saturated heterocycles. The highest BCUT2D eigenvalue weighted by Gasteiger charge is 2.39. The molecule has 0 bridgehead atoms. The third-order valence-electron chi connectivity index (χ3n) is 4.90. The number of carbonyl (C=O) groups excluding carboxylic acids is 1. The lowest BCUT2D eigenvalue weighted by atomic mass is 9.87. The largest absolute Gasteiger partial charge is 0.339 e. The molecule has 2 aromatic rings. The molecule has 0 N–H and O–H groups in total. The maximum absolute atomic E-state index is 12.9. The van der Waals surface area contributed by atoms with Gasteiger partial charge in [0.25, 0.3) is 0 Å². The monoisotopic (exact) mass is 306 g/mol. The molecule has 0 spiro atoms. The lowest BCUT2D eigenvalue weighted by Gasteiger charge is -2.20. The Hall–Kier alpha value is -2.49. The molecule has 1 aromatic heterocycles. The van der Waals surface area contributed by atoms with Crippen molar-refractivity contribution in [2.45, 2.75) is 19.4 Å². The van der Waals surface area contributed by atoms with Crippen LogP contribution in [0.5, 0.6) is 0 Å². The first-order valence-electron chi connectivity index (χ1n) is 8.02. The predicted molar refractivity (Wildman–Crippen MR) is 91.1 cm³/mol. The van der Waals surface area contributed by atoms with Crippen molar-refractivity contribution in [1.29, 1.82) is 0 Å². The van der Waals surface area contributed by atoms with E-state index in [0.29, 0.717) is 12.1 Å². The summed E-state index contributed by atoms with van der Waals surface area (Å²) in [4.78, 5) is 17.1. The molecule has 116 valence electrons. The average molecular weight is 306 g/mol. The molecule has 1 aromatic carbocycles. The van der Waals surface area contributed by atoms with Crippen LogP contribution >= 0.6 is 0 Å². The molecule has 1 aliphatic carbocycles. The quantitative estimate of drug-likeness (QED) is 0.784. The predicted octanol–water partition coefficient (Wildman–Crippen LogP) is 2.18. The van der Waals surface area contributed by atoms with Gasteiger partial charge >= 0.3 is 0 Å².